The summed E-state index contributed by atoms with van der Waals surface area (Å²) < 4.78 is 19.8. The van der Waals surface area contributed by atoms with E-state index in [1.165, 1.54) is 0 Å². The first kappa shape index (κ1) is 24.1. The standard InChI is InChI=1S/C29H23ClN4O4S/c1-17-2-7-27-32-23(13-34(27)33-17)26-12-22-24(10-21(35)11-25(22)38-26)37-14-20-15-39-28(31-20)29(8-9-36-16-29)18-3-5-19(30)6-4-18/h2-7,10-13,15,35H,8-9,14,16H2,1H3. The first-order valence-electron chi connectivity index (χ1n) is 12.5. The fourth-order valence-corrected chi connectivity index (χ4v) is 6.20. The van der Waals surface area contributed by atoms with Crippen LogP contribution < -0.4 is 4.74 Å². The van der Waals surface area contributed by atoms with Gasteiger partial charge in [-0.1, -0.05) is 23.7 Å². The van der Waals surface area contributed by atoms with Crippen molar-refractivity contribution in [1.82, 2.24) is 19.6 Å². The second-order valence-electron chi connectivity index (χ2n) is 9.69. The molecule has 7 rings (SSSR count). The second kappa shape index (κ2) is 9.37. The lowest BCUT2D eigenvalue weighted by Crippen LogP contribution is -2.28. The number of hydrogen-bond donors (Lipinski definition) is 1. The zero-order chi connectivity index (χ0) is 26.6. The molecule has 1 unspecified atom stereocenters. The SMILES string of the molecule is Cc1ccc2nc(-c3cc4c(OCc5csc(C6(c7ccc(Cl)cc7)CCOC6)n5)cc(O)cc4o3)cn2n1. The fraction of sp³-hybridized carbons (Fsp3) is 0.207. The van der Waals surface area contributed by atoms with Crippen molar-refractivity contribution in [2.45, 2.75) is 25.4 Å². The second-order valence-corrected chi connectivity index (χ2v) is 11.0. The number of imidazole rings is 1. The molecule has 10 heteroatoms. The summed E-state index contributed by atoms with van der Waals surface area (Å²) in [6.45, 7) is 3.42. The third-order valence-corrected chi connectivity index (χ3v) is 8.39. The number of aromatic hydroxyl groups is 1. The van der Waals surface area contributed by atoms with E-state index in [4.69, 9.17) is 30.5 Å². The Labute approximate surface area is 232 Å². The van der Waals surface area contributed by atoms with Gasteiger partial charge in [-0.25, -0.2) is 14.5 Å². The number of rotatable bonds is 6. The maximum absolute atomic E-state index is 10.4. The van der Waals surface area contributed by atoms with Gasteiger partial charge in [-0.05, 0) is 49.2 Å². The monoisotopic (exact) mass is 558 g/mol. The molecule has 0 aliphatic carbocycles. The van der Waals surface area contributed by atoms with Gasteiger partial charge in [-0.15, -0.1) is 11.3 Å². The van der Waals surface area contributed by atoms with Crippen LogP contribution in [0.3, 0.4) is 0 Å². The topological polar surface area (TPSA) is 94.9 Å². The Kier molecular flexibility index (Phi) is 5.80. The van der Waals surface area contributed by atoms with E-state index in [1.54, 1.807) is 28.0 Å². The summed E-state index contributed by atoms with van der Waals surface area (Å²) >= 11 is 7.74. The lowest BCUT2D eigenvalue weighted by atomic mass is 9.80. The highest BCUT2D eigenvalue weighted by Gasteiger charge is 2.41. The van der Waals surface area contributed by atoms with Gasteiger partial charge in [0.2, 0.25) is 0 Å². The van der Waals surface area contributed by atoms with Gasteiger partial charge in [0.25, 0.3) is 0 Å². The molecule has 0 amide bonds. The van der Waals surface area contributed by atoms with E-state index in [0.717, 1.165) is 39.4 Å². The Hall–Kier alpha value is -3.92. The van der Waals surface area contributed by atoms with Crippen LogP contribution in [0.2, 0.25) is 5.02 Å². The molecule has 196 valence electrons. The highest BCUT2D eigenvalue weighted by atomic mass is 35.5. The third kappa shape index (κ3) is 4.32. The highest BCUT2D eigenvalue weighted by molar-refractivity contribution is 7.09. The molecule has 0 bridgehead atoms. The molecule has 1 aliphatic heterocycles. The van der Waals surface area contributed by atoms with Crippen LogP contribution in [-0.4, -0.2) is 37.9 Å². The quantitative estimate of drug-likeness (QED) is 0.247. The number of nitrogens with zero attached hydrogens (tertiary/aromatic N) is 4. The summed E-state index contributed by atoms with van der Waals surface area (Å²) in [4.78, 5) is 9.56. The molecule has 0 radical (unpaired) electrons. The Morgan fingerprint density at radius 2 is 2.00 bits per heavy atom. The Bertz CT molecular complexity index is 1820. The maximum atomic E-state index is 10.4. The average molecular weight is 559 g/mol. The van der Waals surface area contributed by atoms with Crippen LogP contribution in [0.15, 0.2) is 70.6 Å². The minimum absolute atomic E-state index is 0.0504. The molecule has 4 aromatic heterocycles. The van der Waals surface area contributed by atoms with E-state index in [-0.39, 0.29) is 17.8 Å². The van der Waals surface area contributed by atoms with Crippen molar-refractivity contribution in [2.75, 3.05) is 13.2 Å². The van der Waals surface area contributed by atoms with E-state index in [9.17, 15) is 5.11 Å². The molecule has 1 atom stereocenters. The summed E-state index contributed by atoms with van der Waals surface area (Å²) in [5.74, 6) is 1.11. The van der Waals surface area contributed by atoms with Gasteiger partial charge in [0, 0.05) is 29.1 Å². The molecule has 1 saturated heterocycles. The molecular formula is C29H23ClN4O4S. The van der Waals surface area contributed by atoms with Crippen molar-refractivity contribution in [2.24, 2.45) is 0 Å². The summed E-state index contributed by atoms with van der Waals surface area (Å²) in [7, 11) is 0. The van der Waals surface area contributed by atoms with Gasteiger partial charge in [-0.2, -0.15) is 5.10 Å². The molecule has 0 spiro atoms. The summed E-state index contributed by atoms with van der Waals surface area (Å²) in [6, 6.07) is 16.8. The fourth-order valence-electron chi connectivity index (χ4n) is 5.03. The predicted molar refractivity (Wildman–Crippen MR) is 149 cm³/mol. The van der Waals surface area contributed by atoms with Gasteiger partial charge < -0.3 is 19.0 Å². The number of halogens is 1. The van der Waals surface area contributed by atoms with Crippen LogP contribution in [0.25, 0.3) is 28.1 Å². The summed E-state index contributed by atoms with van der Waals surface area (Å²) in [6.07, 6.45) is 2.67. The zero-order valence-electron chi connectivity index (χ0n) is 20.9. The number of hydrogen-bond acceptors (Lipinski definition) is 8. The number of thiazole rings is 1. The van der Waals surface area contributed by atoms with Crippen LogP contribution in [0.4, 0.5) is 0 Å². The lowest BCUT2D eigenvalue weighted by molar-refractivity contribution is 0.184. The number of phenols is 1. The van der Waals surface area contributed by atoms with Crippen LogP contribution in [-0.2, 0) is 16.8 Å². The first-order valence-corrected chi connectivity index (χ1v) is 13.7. The molecule has 0 saturated carbocycles. The minimum atomic E-state index is -0.299. The number of fused-ring (bicyclic) bond motifs is 2. The number of ether oxygens (including phenoxy) is 2. The third-order valence-electron chi connectivity index (χ3n) is 7.05. The Morgan fingerprint density at radius 1 is 1.13 bits per heavy atom. The van der Waals surface area contributed by atoms with Crippen LogP contribution in [0.5, 0.6) is 11.5 Å². The lowest BCUT2D eigenvalue weighted by Gasteiger charge is -2.25. The van der Waals surface area contributed by atoms with Crippen molar-refractivity contribution in [3.05, 3.63) is 93.2 Å². The normalized spacial score (nSPS) is 17.4. The molecule has 8 nitrogen and oxygen atoms in total. The van der Waals surface area contributed by atoms with Crippen molar-refractivity contribution in [3.8, 4) is 23.0 Å². The van der Waals surface area contributed by atoms with Gasteiger partial charge in [0.1, 0.15) is 34.4 Å². The molecule has 2 aromatic carbocycles. The largest absolute Gasteiger partial charge is 0.508 e. The van der Waals surface area contributed by atoms with Crippen molar-refractivity contribution >= 4 is 39.6 Å². The molecular weight excluding hydrogens is 536 g/mol. The van der Waals surface area contributed by atoms with Crippen LogP contribution in [0, 0.1) is 6.92 Å². The molecule has 39 heavy (non-hydrogen) atoms. The Morgan fingerprint density at radius 3 is 2.82 bits per heavy atom. The zero-order valence-corrected chi connectivity index (χ0v) is 22.5. The van der Waals surface area contributed by atoms with Gasteiger partial charge >= 0.3 is 0 Å². The van der Waals surface area contributed by atoms with Gasteiger partial charge in [-0.3, -0.25) is 0 Å². The maximum Gasteiger partial charge on any atom is 0.155 e. The molecule has 1 N–H and O–H groups in total. The smallest absolute Gasteiger partial charge is 0.155 e. The highest BCUT2D eigenvalue weighted by Crippen LogP contribution is 2.42. The molecule has 1 fully saturated rings. The number of aryl methyl sites for hydroxylation is 1. The van der Waals surface area contributed by atoms with E-state index in [2.05, 4.69) is 22.2 Å². The predicted octanol–water partition coefficient (Wildman–Crippen LogP) is 6.55. The van der Waals surface area contributed by atoms with Crippen molar-refractivity contribution < 1.29 is 19.0 Å². The molecule has 6 aromatic rings. The van der Waals surface area contributed by atoms with Crippen LogP contribution >= 0.6 is 22.9 Å². The number of aromatic nitrogens is 4. The van der Waals surface area contributed by atoms with Crippen molar-refractivity contribution in [3.63, 3.8) is 0 Å². The van der Waals surface area contributed by atoms with Crippen LogP contribution in [0.1, 0.15) is 28.4 Å². The van der Waals surface area contributed by atoms with E-state index in [0.29, 0.717) is 41.0 Å². The summed E-state index contributed by atoms with van der Waals surface area (Å²) in [5.41, 5.74) is 4.41. The van der Waals surface area contributed by atoms with Crippen molar-refractivity contribution in [1.29, 1.82) is 0 Å². The minimum Gasteiger partial charge on any atom is -0.508 e. The first-order chi connectivity index (χ1) is 19.0. The molecule has 1 aliphatic rings. The average Bonchev–Trinajstić information content (AvgIpc) is 3.73. The Balaban J connectivity index is 1.17. The summed E-state index contributed by atoms with van der Waals surface area (Å²) in [5, 5.41) is 19.3. The van der Waals surface area contributed by atoms with E-state index < -0.39 is 0 Å². The van der Waals surface area contributed by atoms with E-state index >= 15 is 0 Å². The number of furan rings is 1. The van der Waals surface area contributed by atoms with E-state index in [1.807, 2.05) is 48.8 Å². The molecule has 5 heterocycles. The number of phenolic OH excluding ortho intramolecular Hbond substituents is 1. The van der Waals surface area contributed by atoms with Gasteiger partial charge in [0.05, 0.1) is 35.0 Å². The number of benzene rings is 2. The van der Waals surface area contributed by atoms with Gasteiger partial charge in [0.15, 0.2) is 11.4 Å².